The van der Waals surface area contributed by atoms with Crippen molar-refractivity contribution < 1.29 is 47.3 Å². The minimum Gasteiger partial charge on any atom is -0.493 e. The number of aliphatic hydroxyl groups excluding tert-OH is 1. The molecule has 5 N–H and O–H groups in total. The van der Waals surface area contributed by atoms with Crippen molar-refractivity contribution in [2.45, 2.75) is 69.8 Å². The van der Waals surface area contributed by atoms with Gasteiger partial charge in [-0.3, -0.25) is 29.3 Å². The Hall–Kier alpha value is -7.49. The molecule has 3 aliphatic rings. The zero-order valence-electron chi connectivity index (χ0n) is 39.6. The fourth-order valence-corrected chi connectivity index (χ4v) is 11.1. The Morgan fingerprint density at radius 2 is 1.70 bits per heavy atom. The van der Waals surface area contributed by atoms with E-state index in [1.54, 1.807) is 29.9 Å². The summed E-state index contributed by atoms with van der Waals surface area (Å²) < 4.78 is 53.3. The number of benzene rings is 3. The van der Waals surface area contributed by atoms with Crippen LogP contribution in [0.15, 0.2) is 84.9 Å². The fourth-order valence-electron chi connectivity index (χ4n) is 10.2. The highest BCUT2D eigenvalue weighted by Crippen LogP contribution is 2.44. The molecular formula is C52H51F3N10O7S. The predicted octanol–water partition coefficient (Wildman–Crippen LogP) is 7.99. The number of ether oxygens (including phenoxy) is 1. The predicted molar refractivity (Wildman–Crippen MR) is 268 cm³/mol. The van der Waals surface area contributed by atoms with Crippen molar-refractivity contribution in [1.82, 2.24) is 34.9 Å². The maximum absolute atomic E-state index is 15.0. The number of aliphatic hydroxyl groups is 1. The molecule has 21 heteroatoms. The standard InChI is InChI=1S/C52H51F3N10O7S/c1-63-47-34(45(62-63)35-16-19-42(66)60-49(35)69)14-17-40(58-47)57-43(67)28-64-23-20-29(21-24-64)7-6-26-72-38-12-5-9-31(44(38)52(53,54)55)32-15-18-41(59-46(32)50(70)71)65-25-22-30-8-4-10-33(36(30)27-65)48(68)61-51-56-37-11-2-3-13-39(37)73-51/h2-5,8-15,17-18,29,35,49,69H,6-7,16,19-28H2,1H3,(H,60,66)(H,70,71)(H,56,61,68)(H,57,58,67). The van der Waals surface area contributed by atoms with Crippen LogP contribution in [0.2, 0.25) is 0 Å². The number of carboxylic acids is 1. The van der Waals surface area contributed by atoms with Crippen LogP contribution in [0.5, 0.6) is 5.75 Å². The minimum atomic E-state index is -4.90. The van der Waals surface area contributed by atoms with Crippen LogP contribution in [-0.2, 0) is 35.8 Å². The van der Waals surface area contributed by atoms with Crippen LogP contribution in [0.25, 0.3) is 32.4 Å². The molecule has 2 saturated heterocycles. The average Bonchev–Trinajstić information content (AvgIpc) is 3.94. The number of fused-ring (bicyclic) bond motifs is 3. The van der Waals surface area contributed by atoms with Gasteiger partial charge in [-0.1, -0.05) is 47.7 Å². The van der Waals surface area contributed by atoms with Gasteiger partial charge in [0.05, 0.1) is 29.1 Å². The number of thiazole rings is 1. The highest BCUT2D eigenvalue weighted by Gasteiger charge is 2.39. The Morgan fingerprint density at radius 1 is 0.890 bits per heavy atom. The summed E-state index contributed by atoms with van der Waals surface area (Å²) in [6.45, 7) is 2.11. The van der Waals surface area contributed by atoms with E-state index in [9.17, 15) is 42.6 Å². The lowest BCUT2D eigenvalue weighted by molar-refractivity contribution is -0.138. The number of pyridine rings is 2. The monoisotopic (exact) mass is 1020 g/mol. The summed E-state index contributed by atoms with van der Waals surface area (Å²) in [6, 6.07) is 23.2. The zero-order valence-corrected chi connectivity index (χ0v) is 40.4. The number of hydrogen-bond donors (Lipinski definition) is 5. The number of nitrogens with zero attached hydrogens (tertiary/aromatic N) is 7. The lowest BCUT2D eigenvalue weighted by Crippen LogP contribution is -2.43. The molecular weight excluding hydrogens is 966 g/mol. The summed E-state index contributed by atoms with van der Waals surface area (Å²) in [4.78, 5) is 68.6. The maximum atomic E-state index is 15.0. The molecule has 2 atom stereocenters. The Balaban J connectivity index is 0.742. The van der Waals surface area contributed by atoms with Crippen LogP contribution < -0.4 is 25.6 Å². The number of aromatic carboxylic acids is 1. The Morgan fingerprint density at radius 3 is 2.48 bits per heavy atom. The number of aryl methyl sites for hydroxylation is 1. The van der Waals surface area contributed by atoms with Gasteiger partial charge in [0.1, 0.15) is 29.2 Å². The molecule has 0 bridgehead atoms. The number of carboxylic acid groups (broad SMARTS) is 1. The zero-order chi connectivity index (χ0) is 51.0. The topological polar surface area (TPSA) is 217 Å². The first kappa shape index (κ1) is 49.1. The molecule has 3 aromatic carbocycles. The highest BCUT2D eigenvalue weighted by molar-refractivity contribution is 7.22. The summed E-state index contributed by atoms with van der Waals surface area (Å²) in [5.74, 6) is -2.21. The summed E-state index contributed by atoms with van der Waals surface area (Å²) >= 11 is 1.36. The number of carbonyl (C=O) groups excluding carboxylic acids is 3. The molecule has 4 aromatic heterocycles. The molecule has 7 aromatic rings. The third-order valence-corrected chi connectivity index (χ3v) is 14.8. The van der Waals surface area contributed by atoms with Crippen LogP contribution in [0.1, 0.15) is 87.7 Å². The first-order valence-corrected chi connectivity index (χ1v) is 24.9. The molecule has 2 fully saturated rings. The molecule has 0 saturated carbocycles. The fraction of sp³-hybridized carbons (Fsp3) is 0.346. The van der Waals surface area contributed by atoms with Gasteiger partial charge in [-0.25, -0.2) is 19.7 Å². The number of nitrogens with one attached hydrogen (secondary N) is 3. The Bertz CT molecular complexity index is 3230. The molecule has 73 heavy (non-hydrogen) atoms. The third kappa shape index (κ3) is 10.6. The van der Waals surface area contributed by atoms with Gasteiger partial charge in [0.2, 0.25) is 11.8 Å². The molecule has 10 rings (SSSR count). The van der Waals surface area contributed by atoms with Gasteiger partial charge in [-0.15, -0.1) is 0 Å². The first-order valence-electron chi connectivity index (χ1n) is 24.1. The van der Waals surface area contributed by atoms with E-state index < -0.39 is 35.4 Å². The van der Waals surface area contributed by atoms with Gasteiger partial charge in [0.25, 0.3) is 5.91 Å². The van der Waals surface area contributed by atoms with E-state index in [2.05, 4.69) is 36.0 Å². The van der Waals surface area contributed by atoms with Gasteiger partial charge in [-0.2, -0.15) is 18.3 Å². The number of aromatic nitrogens is 5. The molecule has 378 valence electrons. The van der Waals surface area contributed by atoms with Crippen molar-refractivity contribution >= 4 is 73.0 Å². The van der Waals surface area contributed by atoms with E-state index in [-0.39, 0.29) is 72.6 Å². The number of rotatable bonds is 14. The molecule has 0 radical (unpaired) electrons. The van der Waals surface area contributed by atoms with Crippen LogP contribution in [0, 0.1) is 5.92 Å². The molecule has 0 spiro atoms. The molecule has 3 aliphatic heterocycles. The summed E-state index contributed by atoms with van der Waals surface area (Å²) in [6.07, 6.45) is -1.94. The van der Waals surface area contributed by atoms with E-state index >= 15 is 0 Å². The quantitative estimate of drug-likeness (QED) is 0.0654. The van der Waals surface area contributed by atoms with E-state index in [0.717, 1.165) is 39.6 Å². The van der Waals surface area contributed by atoms with Crippen molar-refractivity contribution in [3.8, 4) is 16.9 Å². The van der Waals surface area contributed by atoms with Gasteiger partial charge in [0.15, 0.2) is 16.5 Å². The Kier molecular flexibility index (Phi) is 13.8. The number of likely N-dealkylation sites (tertiary alicyclic amines) is 1. The van der Waals surface area contributed by atoms with Crippen LogP contribution in [0.4, 0.5) is 29.9 Å². The Labute approximate surface area is 420 Å². The highest BCUT2D eigenvalue weighted by atomic mass is 32.1. The molecule has 0 aliphatic carbocycles. The molecule has 2 unspecified atom stereocenters. The largest absolute Gasteiger partial charge is 0.493 e. The number of piperidine rings is 2. The third-order valence-electron chi connectivity index (χ3n) is 13.8. The second kappa shape index (κ2) is 20.6. The molecule has 7 heterocycles. The number of carbonyl (C=O) groups is 4. The van der Waals surface area contributed by atoms with Crippen LogP contribution in [0.3, 0.4) is 0 Å². The minimum absolute atomic E-state index is 0.00246. The number of hydrogen-bond acceptors (Lipinski definition) is 13. The SMILES string of the molecule is Cn1nc(C2CCC(=O)NC2O)c2ccc(NC(=O)CN3CCC(CCCOc4cccc(-c5ccc(N6CCc7cccc(C(=O)Nc8nc9ccccc9s8)c7C6)nc5C(=O)O)c4C(F)(F)F)CC3)nc21. The van der Waals surface area contributed by atoms with Crippen molar-refractivity contribution in [3.05, 3.63) is 119 Å². The maximum Gasteiger partial charge on any atom is 0.420 e. The summed E-state index contributed by atoms with van der Waals surface area (Å²) in [5.41, 5.74) is 1.80. The summed E-state index contributed by atoms with van der Waals surface area (Å²) in [7, 11) is 1.73. The van der Waals surface area contributed by atoms with Crippen LogP contribution in [-0.4, -0.2) is 103 Å². The van der Waals surface area contributed by atoms with E-state index in [0.29, 0.717) is 73.2 Å². The lowest BCUT2D eigenvalue weighted by Gasteiger charge is -2.31. The van der Waals surface area contributed by atoms with Crippen molar-refractivity contribution in [2.24, 2.45) is 13.0 Å². The van der Waals surface area contributed by atoms with Gasteiger partial charge < -0.3 is 30.5 Å². The lowest BCUT2D eigenvalue weighted by atomic mass is 9.92. The smallest absolute Gasteiger partial charge is 0.420 e. The number of para-hydroxylation sites is 1. The van der Waals surface area contributed by atoms with Gasteiger partial charge in [0, 0.05) is 54.6 Å². The molecule has 17 nitrogen and oxygen atoms in total. The van der Waals surface area contributed by atoms with E-state index in [1.807, 2.05) is 46.2 Å². The van der Waals surface area contributed by atoms with E-state index in [4.69, 9.17) is 4.74 Å². The second-order valence-corrected chi connectivity index (χ2v) is 19.6. The summed E-state index contributed by atoms with van der Waals surface area (Å²) in [5, 5.41) is 34.9. The number of amides is 3. The second-order valence-electron chi connectivity index (χ2n) is 18.6. The van der Waals surface area contributed by atoms with Crippen molar-refractivity contribution in [1.29, 1.82) is 0 Å². The van der Waals surface area contributed by atoms with Crippen molar-refractivity contribution in [2.75, 3.05) is 48.3 Å². The van der Waals surface area contributed by atoms with Gasteiger partial charge >= 0.3 is 12.1 Å². The number of anilines is 3. The van der Waals surface area contributed by atoms with E-state index in [1.165, 1.54) is 41.7 Å². The number of alkyl halides is 3. The molecule has 3 amide bonds. The van der Waals surface area contributed by atoms with Crippen molar-refractivity contribution in [3.63, 3.8) is 0 Å². The normalized spacial score (nSPS) is 17.6. The van der Waals surface area contributed by atoms with Gasteiger partial charge in [-0.05, 0) is 117 Å². The first-order chi connectivity index (χ1) is 35.2. The average molecular weight is 1020 g/mol. The van der Waals surface area contributed by atoms with Crippen LogP contribution >= 0.6 is 11.3 Å². The number of halogens is 3.